The van der Waals surface area contributed by atoms with Crippen molar-refractivity contribution in [2.75, 3.05) is 19.8 Å². The van der Waals surface area contributed by atoms with E-state index in [1.165, 1.54) is 0 Å². The van der Waals surface area contributed by atoms with E-state index in [1.807, 2.05) is 6.92 Å². The number of rotatable bonds is 5. The molecular weight excluding hydrogens is 348 g/mol. The molecule has 2 aromatic rings. The number of ether oxygens (including phenoxy) is 1. The Kier molecular flexibility index (Phi) is 5.41. The minimum absolute atomic E-state index is 0.198. The van der Waals surface area contributed by atoms with Crippen LogP contribution in [0.15, 0.2) is 21.0 Å². The van der Waals surface area contributed by atoms with E-state index in [1.54, 1.807) is 32.9 Å². The fourth-order valence-electron chi connectivity index (χ4n) is 3.47. The Hall–Kier alpha value is -2.54. The molecule has 2 aromatic heterocycles. The second-order valence-corrected chi connectivity index (χ2v) is 7.18. The molecule has 1 aliphatic heterocycles. The fraction of sp³-hybridized carbons (Fsp3) is 0.500. The van der Waals surface area contributed by atoms with Crippen molar-refractivity contribution < 1.29 is 23.2 Å². The molecule has 0 radical (unpaired) electrons. The lowest BCUT2D eigenvalue weighted by molar-refractivity contribution is 0.0352. The molecular formula is C20H26N2O5. The minimum Gasteiger partial charge on any atom is -0.466 e. The Morgan fingerprint density at radius 2 is 1.44 bits per heavy atom. The van der Waals surface area contributed by atoms with Crippen LogP contribution >= 0.6 is 0 Å². The van der Waals surface area contributed by atoms with Crippen molar-refractivity contribution >= 4 is 11.8 Å². The molecule has 3 heterocycles. The highest BCUT2D eigenvalue weighted by molar-refractivity contribution is 5.96. The lowest BCUT2D eigenvalue weighted by atomic mass is 9.89. The fourth-order valence-corrected chi connectivity index (χ4v) is 3.47. The Morgan fingerprint density at radius 3 is 1.93 bits per heavy atom. The lowest BCUT2D eigenvalue weighted by Crippen LogP contribution is -2.58. The second-order valence-electron chi connectivity index (χ2n) is 7.18. The maximum absolute atomic E-state index is 12.8. The van der Waals surface area contributed by atoms with Gasteiger partial charge in [0.05, 0.1) is 16.7 Å². The molecule has 3 rings (SSSR count). The Labute approximate surface area is 158 Å². The van der Waals surface area contributed by atoms with E-state index in [2.05, 4.69) is 10.6 Å². The first-order valence-electron chi connectivity index (χ1n) is 9.12. The number of furan rings is 2. The average molecular weight is 374 g/mol. The van der Waals surface area contributed by atoms with Crippen molar-refractivity contribution in [2.24, 2.45) is 0 Å². The van der Waals surface area contributed by atoms with Gasteiger partial charge in [0, 0.05) is 19.8 Å². The Balaban J connectivity index is 1.73. The van der Waals surface area contributed by atoms with Gasteiger partial charge < -0.3 is 24.2 Å². The third kappa shape index (κ3) is 4.24. The molecule has 0 unspecified atom stereocenters. The van der Waals surface area contributed by atoms with Crippen LogP contribution in [0.5, 0.6) is 0 Å². The van der Waals surface area contributed by atoms with Gasteiger partial charge in [-0.15, -0.1) is 0 Å². The smallest absolute Gasteiger partial charge is 0.255 e. The van der Waals surface area contributed by atoms with Gasteiger partial charge in [-0.3, -0.25) is 9.59 Å². The molecule has 7 nitrogen and oxygen atoms in total. The maximum atomic E-state index is 12.8. The molecule has 0 atom stereocenters. The van der Waals surface area contributed by atoms with Gasteiger partial charge >= 0.3 is 0 Å². The average Bonchev–Trinajstić information content (AvgIpc) is 3.14. The Morgan fingerprint density at radius 1 is 0.926 bits per heavy atom. The summed E-state index contributed by atoms with van der Waals surface area (Å²) in [6.07, 6.45) is 1.25. The second kappa shape index (κ2) is 7.60. The van der Waals surface area contributed by atoms with Crippen LogP contribution in [0.3, 0.4) is 0 Å². The van der Waals surface area contributed by atoms with Gasteiger partial charge in [0.15, 0.2) is 0 Å². The molecule has 0 aromatic carbocycles. The first-order chi connectivity index (χ1) is 12.8. The number of amides is 2. The van der Waals surface area contributed by atoms with Crippen LogP contribution < -0.4 is 10.6 Å². The molecule has 2 N–H and O–H groups in total. The third-order valence-electron chi connectivity index (χ3n) is 4.99. The van der Waals surface area contributed by atoms with Crippen LogP contribution in [0.4, 0.5) is 0 Å². The summed E-state index contributed by atoms with van der Waals surface area (Å²) in [6, 6.07) is 3.45. The highest BCUT2D eigenvalue weighted by Crippen LogP contribution is 2.23. The zero-order valence-corrected chi connectivity index (χ0v) is 16.2. The van der Waals surface area contributed by atoms with Crippen LogP contribution in [0.25, 0.3) is 0 Å². The van der Waals surface area contributed by atoms with E-state index in [0.29, 0.717) is 66.8 Å². The number of hydrogen-bond donors (Lipinski definition) is 2. The zero-order chi connectivity index (χ0) is 19.6. The molecule has 146 valence electrons. The summed E-state index contributed by atoms with van der Waals surface area (Å²) in [7, 11) is 0. The van der Waals surface area contributed by atoms with Gasteiger partial charge in [-0.1, -0.05) is 0 Å². The first-order valence-corrected chi connectivity index (χ1v) is 9.12. The molecule has 2 amide bonds. The van der Waals surface area contributed by atoms with Gasteiger partial charge in [-0.25, -0.2) is 0 Å². The molecule has 0 saturated carbocycles. The van der Waals surface area contributed by atoms with Crippen molar-refractivity contribution in [1.29, 1.82) is 0 Å². The number of hydrogen-bond acceptors (Lipinski definition) is 5. The van der Waals surface area contributed by atoms with Gasteiger partial charge in [-0.2, -0.15) is 0 Å². The summed E-state index contributed by atoms with van der Waals surface area (Å²) in [4.78, 5) is 25.3. The van der Waals surface area contributed by atoms with Crippen molar-refractivity contribution in [1.82, 2.24) is 10.6 Å². The van der Waals surface area contributed by atoms with Gasteiger partial charge in [0.1, 0.15) is 23.0 Å². The van der Waals surface area contributed by atoms with Crippen molar-refractivity contribution in [3.63, 3.8) is 0 Å². The summed E-state index contributed by atoms with van der Waals surface area (Å²) < 4.78 is 16.3. The largest absolute Gasteiger partial charge is 0.466 e. The third-order valence-corrected chi connectivity index (χ3v) is 4.99. The van der Waals surface area contributed by atoms with Crippen LogP contribution in [0.2, 0.25) is 0 Å². The van der Waals surface area contributed by atoms with Crippen LogP contribution in [-0.4, -0.2) is 37.1 Å². The zero-order valence-electron chi connectivity index (χ0n) is 16.2. The standard InChI is InChI=1S/C20H26N2O5/c1-12-9-16(14(3)26-12)18(23)21-11-20(5-7-25-8-6-20)22-19(24)17-10-13(2)27-15(17)4/h9-10H,5-8,11H2,1-4H3,(H,21,23)(H,22,24). The predicted octanol–water partition coefficient (Wildman–Crippen LogP) is 2.82. The first kappa shape index (κ1) is 19.2. The summed E-state index contributed by atoms with van der Waals surface area (Å²) in [5.41, 5.74) is 0.475. The van der Waals surface area contributed by atoms with Crippen molar-refractivity contribution in [3.8, 4) is 0 Å². The molecule has 1 aliphatic rings. The highest BCUT2D eigenvalue weighted by Gasteiger charge is 2.35. The van der Waals surface area contributed by atoms with Gasteiger partial charge in [-0.05, 0) is 52.7 Å². The monoisotopic (exact) mass is 374 g/mol. The molecule has 0 bridgehead atoms. The van der Waals surface area contributed by atoms with Crippen LogP contribution in [0, 0.1) is 27.7 Å². The van der Waals surface area contributed by atoms with E-state index >= 15 is 0 Å². The summed E-state index contributed by atoms with van der Waals surface area (Å²) in [5.74, 6) is 2.14. The summed E-state index contributed by atoms with van der Waals surface area (Å²) >= 11 is 0. The molecule has 1 saturated heterocycles. The van der Waals surface area contributed by atoms with E-state index in [-0.39, 0.29) is 11.8 Å². The summed E-state index contributed by atoms with van der Waals surface area (Å²) in [5, 5.41) is 6.06. The van der Waals surface area contributed by atoms with Gasteiger partial charge in [0.2, 0.25) is 0 Å². The Bertz CT molecular complexity index is 843. The van der Waals surface area contributed by atoms with Crippen LogP contribution in [0.1, 0.15) is 56.6 Å². The topological polar surface area (TPSA) is 93.7 Å². The molecule has 7 heteroatoms. The number of carbonyl (C=O) groups excluding carboxylic acids is 2. The van der Waals surface area contributed by atoms with Gasteiger partial charge in [0.25, 0.3) is 11.8 Å². The summed E-state index contributed by atoms with van der Waals surface area (Å²) in [6.45, 7) is 8.53. The highest BCUT2D eigenvalue weighted by atomic mass is 16.5. The van der Waals surface area contributed by atoms with Crippen molar-refractivity contribution in [2.45, 2.75) is 46.1 Å². The molecule has 1 fully saturated rings. The SMILES string of the molecule is Cc1cc(C(=O)NCC2(NC(=O)c3cc(C)oc3C)CCOCC2)c(C)o1. The molecule has 0 spiro atoms. The molecule has 27 heavy (non-hydrogen) atoms. The van der Waals surface area contributed by atoms with Crippen LogP contribution in [-0.2, 0) is 4.74 Å². The van der Waals surface area contributed by atoms with E-state index < -0.39 is 5.54 Å². The normalized spacial score (nSPS) is 16.1. The maximum Gasteiger partial charge on any atom is 0.255 e. The quantitative estimate of drug-likeness (QED) is 0.839. The van der Waals surface area contributed by atoms with E-state index in [0.717, 1.165) is 0 Å². The van der Waals surface area contributed by atoms with Crippen molar-refractivity contribution in [3.05, 3.63) is 46.3 Å². The van der Waals surface area contributed by atoms with E-state index in [4.69, 9.17) is 13.6 Å². The molecule has 0 aliphatic carbocycles. The number of carbonyl (C=O) groups is 2. The predicted molar refractivity (Wildman–Crippen MR) is 98.9 cm³/mol. The lowest BCUT2D eigenvalue weighted by Gasteiger charge is -2.38. The van der Waals surface area contributed by atoms with E-state index in [9.17, 15) is 9.59 Å². The minimum atomic E-state index is -0.560. The number of aryl methyl sites for hydroxylation is 4. The number of nitrogens with one attached hydrogen (secondary N) is 2.